The fraction of sp³-hybridized carbons (Fsp3) is 0.368. The largest absolute Gasteiger partial charge is 0.480 e. The summed E-state index contributed by atoms with van der Waals surface area (Å²) in [7, 11) is 0. The Morgan fingerprint density at radius 2 is 1.83 bits per heavy atom. The van der Waals surface area contributed by atoms with E-state index in [1.807, 2.05) is 43.3 Å². The SMILES string of the molecule is CCCC[C@H](N)C(=O)N(c1cccc2ccccc12)[C@@H](C)C(=O)O. The maximum absolute atomic E-state index is 12.9. The minimum absolute atomic E-state index is 0.352. The van der Waals surface area contributed by atoms with Gasteiger partial charge in [0.25, 0.3) is 0 Å². The topological polar surface area (TPSA) is 83.6 Å². The van der Waals surface area contributed by atoms with Gasteiger partial charge in [-0.2, -0.15) is 0 Å². The number of carboxylic acids is 1. The van der Waals surface area contributed by atoms with Crippen LogP contribution < -0.4 is 10.6 Å². The van der Waals surface area contributed by atoms with Gasteiger partial charge in [0, 0.05) is 5.39 Å². The second-order valence-corrected chi connectivity index (χ2v) is 5.97. The molecule has 5 heteroatoms. The highest BCUT2D eigenvalue weighted by atomic mass is 16.4. The number of aliphatic carboxylic acids is 1. The van der Waals surface area contributed by atoms with Crippen molar-refractivity contribution in [3.05, 3.63) is 42.5 Å². The number of amides is 1. The number of nitrogens with zero attached hydrogens (tertiary/aromatic N) is 1. The van der Waals surface area contributed by atoms with Crippen molar-refractivity contribution in [1.82, 2.24) is 0 Å². The van der Waals surface area contributed by atoms with Crippen LogP contribution >= 0.6 is 0 Å². The van der Waals surface area contributed by atoms with E-state index in [1.165, 1.54) is 11.8 Å². The maximum Gasteiger partial charge on any atom is 0.326 e. The standard InChI is InChI=1S/C19H24N2O3/c1-3-4-11-16(20)18(22)21(13(2)19(23)24)17-12-7-9-14-8-5-6-10-15(14)17/h5-10,12-13,16H,3-4,11,20H2,1-2H3,(H,23,24)/t13-,16-/m0/s1. The molecule has 3 N–H and O–H groups in total. The predicted molar refractivity (Wildman–Crippen MR) is 96.0 cm³/mol. The Balaban J connectivity index is 2.49. The van der Waals surface area contributed by atoms with E-state index in [9.17, 15) is 14.7 Å². The van der Waals surface area contributed by atoms with E-state index in [1.54, 1.807) is 6.07 Å². The molecule has 0 saturated carbocycles. The summed E-state index contributed by atoms with van der Waals surface area (Å²) in [5.74, 6) is -1.41. The molecule has 5 nitrogen and oxygen atoms in total. The smallest absolute Gasteiger partial charge is 0.326 e. The highest BCUT2D eigenvalue weighted by Gasteiger charge is 2.31. The normalized spacial score (nSPS) is 13.5. The van der Waals surface area contributed by atoms with Crippen molar-refractivity contribution in [2.45, 2.75) is 45.2 Å². The number of anilines is 1. The Hall–Kier alpha value is -2.40. The monoisotopic (exact) mass is 328 g/mol. The van der Waals surface area contributed by atoms with Gasteiger partial charge in [0.1, 0.15) is 6.04 Å². The highest BCUT2D eigenvalue weighted by Crippen LogP contribution is 2.29. The van der Waals surface area contributed by atoms with Crippen molar-refractivity contribution < 1.29 is 14.7 Å². The van der Waals surface area contributed by atoms with E-state index in [2.05, 4.69) is 0 Å². The van der Waals surface area contributed by atoms with Crippen molar-refractivity contribution in [3.63, 3.8) is 0 Å². The first-order valence-corrected chi connectivity index (χ1v) is 8.26. The van der Waals surface area contributed by atoms with Crippen molar-refractivity contribution in [2.24, 2.45) is 5.73 Å². The lowest BCUT2D eigenvalue weighted by molar-refractivity contribution is -0.139. The first kappa shape index (κ1) is 17.9. The van der Waals surface area contributed by atoms with Gasteiger partial charge in [0.2, 0.25) is 5.91 Å². The number of benzene rings is 2. The van der Waals surface area contributed by atoms with Crippen molar-refractivity contribution >= 4 is 28.3 Å². The fourth-order valence-corrected chi connectivity index (χ4v) is 2.77. The van der Waals surface area contributed by atoms with Crippen molar-refractivity contribution in [3.8, 4) is 0 Å². The molecule has 0 aliphatic rings. The molecule has 2 rings (SSSR count). The molecule has 2 aromatic rings. The first-order chi connectivity index (χ1) is 11.5. The summed E-state index contributed by atoms with van der Waals surface area (Å²) in [6.45, 7) is 3.54. The lowest BCUT2D eigenvalue weighted by Gasteiger charge is -2.30. The molecule has 0 aliphatic carbocycles. The van der Waals surface area contributed by atoms with Crippen LogP contribution in [0.2, 0.25) is 0 Å². The Bertz CT molecular complexity index is 724. The van der Waals surface area contributed by atoms with Gasteiger partial charge in [-0.3, -0.25) is 9.69 Å². The second-order valence-electron chi connectivity index (χ2n) is 5.97. The summed E-state index contributed by atoms with van der Waals surface area (Å²) in [6, 6.07) is 11.4. The average molecular weight is 328 g/mol. The molecule has 0 saturated heterocycles. The van der Waals surface area contributed by atoms with E-state index in [4.69, 9.17) is 5.73 Å². The zero-order chi connectivity index (χ0) is 17.7. The van der Waals surface area contributed by atoms with Gasteiger partial charge < -0.3 is 10.8 Å². The van der Waals surface area contributed by atoms with Gasteiger partial charge in [-0.15, -0.1) is 0 Å². The van der Waals surface area contributed by atoms with Crippen LogP contribution in [0.3, 0.4) is 0 Å². The molecule has 0 aromatic heterocycles. The number of carbonyl (C=O) groups is 2. The summed E-state index contributed by atoms with van der Waals surface area (Å²) in [4.78, 5) is 25.8. The molecular weight excluding hydrogens is 304 g/mol. The van der Waals surface area contributed by atoms with E-state index in [0.29, 0.717) is 12.1 Å². The van der Waals surface area contributed by atoms with Gasteiger partial charge >= 0.3 is 5.97 Å². The molecule has 2 aromatic carbocycles. The number of hydrogen-bond donors (Lipinski definition) is 2. The Labute approximate surface area is 142 Å². The third-order valence-electron chi connectivity index (χ3n) is 4.19. The minimum Gasteiger partial charge on any atom is -0.480 e. The molecular formula is C19H24N2O3. The zero-order valence-corrected chi connectivity index (χ0v) is 14.1. The van der Waals surface area contributed by atoms with Crippen LogP contribution in [0.5, 0.6) is 0 Å². The molecule has 0 unspecified atom stereocenters. The lowest BCUT2D eigenvalue weighted by Crippen LogP contribution is -2.50. The Kier molecular flexibility index (Phi) is 5.93. The van der Waals surface area contributed by atoms with Gasteiger partial charge in [0.05, 0.1) is 11.7 Å². The zero-order valence-electron chi connectivity index (χ0n) is 14.1. The van der Waals surface area contributed by atoms with E-state index >= 15 is 0 Å². The van der Waals surface area contributed by atoms with Crippen LogP contribution in [0.15, 0.2) is 42.5 Å². The maximum atomic E-state index is 12.9. The number of unbranched alkanes of at least 4 members (excludes halogenated alkanes) is 1. The first-order valence-electron chi connectivity index (χ1n) is 8.26. The van der Waals surface area contributed by atoms with Crippen LogP contribution in [-0.4, -0.2) is 29.1 Å². The third-order valence-corrected chi connectivity index (χ3v) is 4.19. The quantitative estimate of drug-likeness (QED) is 0.818. The van der Waals surface area contributed by atoms with Gasteiger partial charge in [0.15, 0.2) is 0 Å². The summed E-state index contributed by atoms with van der Waals surface area (Å²) < 4.78 is 0. The van der Waals surface area contributed by atoms with Crippen LogP contribution in [0, 0.1) is 0 Å². The molecule has 0 fully saturated rings. The average Bonchev–Trinajstić information content (AvgIpc) is 2.59. The summed E-state index contributed by atoms with van der Waals surface area (Å²) in [5, 5.41) is 11.2. The minimum atomic E-state index is -1.06. The summed E-state index contributed by atoms with van der Waals surface area (Å²) in [5.41, 5.74) is 6.62. The van der Waals surface area contributed by atoms with E-state index < -0.39 is 18.1 Å². The van der Waals surface area contributed by atoms with Gasteiger partial charge in [-0.05, 0) is 24.8 Å². The van der Waals surface area contributed by atoms with Crippen LogP contribution in [0.1, 0.15) is 33.1 Å². The number of carbonyl (C=O) groups excluding carboxylic acids is 1. The number of carboxylic acid groups (broad SMARTS) is 1. The third kappa shape index (κ3) is 3.74. The molecule has 128 valence electrons. The lowest BCUT2D eigenvalue weighted by atomic mass is 10.0. The van der Waals surface area contributed by atoms with Crippen LogP contribution in [0.25, 0.3) is 10.8 Å². The van der Waals surface area contributed by atoms with E-state index in [0.717, 1.165) is 23.6 Å². The molecule has 0 bridgehead atoms. The molecule has 24 heavy (non-hydrogen) atoms. The Morgan fingerprint density at radius 1 is 1.17 bits per heavy atom. The molecule has 0 radical (unpaired) electrons. The van der Waals surface area contributed by atoms with Crippen LogP contribution in [0.4, 0.5) is 5.69 Å². The predicted octanol–water partition coefficient (Wildman–Crippen LogP) is 3.16. The molecule has 0 heterocycles. The Morgan fingerprint density at radius 3 is 2.50 bits per heavy atom. The van der Waals surface area contributed by atoms with Gasteiger partial charge in [-0.25, -0.2) is 4.79 Å². The molecule has 0 spiro atoms. The highest BCUT2D eigenvalue weighted by molar-refractivity contribution is 6.08. The number of nitrogens with two attached hydrogens (primary N) is 1. The number of hydrogen-bond acceptors (Lipinski definition) is 3. The fourth-order valence-electron chi connectivity index (χ4n) is 2.77. The number of fused-ring (bicyclic) bond motifs is 1. The van der Waals surface area contributed by atoms with Crippen molar-refractivity contribution in [2.75, 3.05) is 4.90 Å². The summed E-state index contributed by atoms with van der Waals surface area (Å²) in [6.07, 6.45) is 2.31. The summed E-state index contributed by atoms with van der Waals surface area (Å²) >= 11 is 0. The molecule has 2 atom stereocenters. The number of rotatable bonds is 7. The van der Waals surface area contributed by atoms with Gasteiger partial charge in [-0.1, -0.05) is 56.2 Å². The van der Waals surface area contributed by atoms with Crippen molar-refractivity contribution in [1.29, 1.82) is 0 Å². The van der Waals surface area contributed by atoms with E-state index in [-0.39, 0.29) is 5.91 Å². The molecule has 0 aliphatic heterocycles. The second kappa shape index (κ2) is 7.93. The van der Waals surface area contributed by atoms with Crippen LogP contribution in [-0.2, 0) is 9.59 Å². The molecule has 1 amide bonds.